The number of rotatable bonds is 5. The molecule has 0 aromatic heterocycles. The summed E-state index contributed by atoms with van der Waals surface area (Å²) in [5.41, 5.74) is 2.51. The van der Waals surface area contributed by atoms with E-state index in [2.05, 4.69) is 24.4 Å². The molecule has 130 valence electrons. The van der Waals surface area contributed by atoms with E-state index in [1.165, 1.54) is 11.1 Å². The number of likely N-dealkylation sites (tertiary alicyclic amines) is 1. The molecule has 1 saturated carbocycles. The molecule has 0 spiro atoms. The maximum atomic E-state index is 12.7. The molecule has 1 heterocycles. The number of nitrogens with zero attached hydrogens (tertiary/aromatic N) is 1. The first-order chi connectivity index (χ1) is 11.5. The largest absolute Gasteiger partial charge is 0.344 e. The van der Waals surface area contributed by atoms with Crippen LogP contribution in [0.2, 0.25) is 0 Å². The van der Waals surface area contributed by atoms with Crippen LogP contribution in [0.1, 0.15) is 50.2 Å². The van der Waals surface area contributed by atoms with Gasteiger partial charge >= 0.3 is 0 Å². The van der Waals surface area contributed by atoms with E-state index in [9.17, 15) is 9.59 Å². The molecule has 4 heteroatoms. The Morgan fingerprint density at radius 2 is 1.83 bits per heavy atom. The summed E-state index contributed by atoms with van der Waals surface area (Å²) in [5, 5.41) is 3.04. The van der Waals surface area contributed by atoms with Gasteiger partial charge in [0.15, 0.2) is 0 Å². The van der Waals surface area contributed by atoms with Gasteiger partial charge in [-0.3, -0.25) is 9.59 Å². The first-order valence-electron chi connectivity index (χ1n) is 9.13. The highest BCUT2D eigenvalue weighted by molar-refractivity contribution is 5.90. The van der Waals surface area contributed by atoms with Gasteiger partial charge < -0.3 is 10.2 Å². The van der Waals surface area contributed by atoms with E-state index in [0.717, 1.165) is 32.4 Å². The second kappa shape index (κ2) is 6.96. The fourth-order valence-electron chi connectivity index (χ4n) is 3.74. The molecule has 1 aliphatic heterocycles. The Hall–Kier alpha value is -1.84. The number of aryl methyl sites for hydroxylation is 1. The normalized spacial score (nSPS) is 24.1. The standard InChI is InChI=1S/C20H28N2O2/c1-13(2)18(20(24)22-10-6-7-11-22)21-19(23)17-12-16(17)15-9-5-4-8-14(15)3/h4-5,8-9,13,16-18H,6-7,10-12H2,1-3H3,(H,21,23)/t16-,17+,18-/m0/s1. The lowest BCUT2D eigenvalue weighted by molar-refractivity contribution is -0.137. The van der Waals surface area contributed by atoms with Crippen LogP contribution in [0, 0.1) is 18.8 Å². The van der Waals surface area contributed by atoms with E-state index in [4.69, 9.17) is 0 Å². The molecular weight excluding hydrogens is 300 g/mol. The van der Waals surface area contributed by atoms with E-state index in [-0.39, 0.29) is 23.7 Å². The van der Waals surface area contributed by atoms with Gasteiger partial charge in [-0.05, 0) is 49.1 Å². The van der Waals surface area contributed by atoms with Gasteiger partial charge in [0.2, 0.25) is 11.8 Å². The summed E-state index contributed by atoms with van der Waals surface area (Å²) in [6, 6.07) is 7.87. The number of carbonyl (C=O) groups is 2. The van der Waals surface area contributed by atoms with Crippen LogP contribution in [0.5, 0.6) is 0 Å². The molecule has 1 aromatic carbocycles. The summed E-state index contributed by atoms with van der Waals surface area (Å²) < 4.78 is 0. The second-order valence-electron chi connectivity index (χ2n) is 7.57. The molecule has 4 nitrogen and oxygen atoms in total. The summed E-state index contributed by atoms with van der Waals surface area (Å²) in [6.45, 7) is 7.76. The van der Waals surface area contributed by atoms with Crippen molar-refractivity contribution in [2.24, 2.45) is 11.8 Å². The van der Waals surface area contributed by atoms with Crippen LogP contribution < -0.4 is 5.32 Å². The number of nitrogens with one attached hydrogen (secondary N) is 1. The topological polar surface area (TPSA) is 49.4 Å². The van der Waals surface area contributed by atoms with E-state index < -0.39 is 6.04 Å². The van der Waals surface area contributed by atoms with Crippen LogP contribution in [0.25, 0.3) is 0 Å². The Balaban J connectivity index is 1.63. The zero-order valence-corrected chi connectivity index (χ0v) is 14.9. The molecule has 0 radical (unpaired) electrons. The number of benzene rings is 1. The molecular formula is C20H28N2O2. The Morgan fingerprint density at radius 1 is 1.17 bits per heavy atom. The minimum absolute atomic E-state index is 0.0127. The summed E-state index contributed by atoms with van der Waals surface area (Å²) >= 11 is 0. The molecule has 1 aliphatic carbocycles. The van der Waals surface area contributed by atoms with Crippen molar-refractivity contribution in [2.45, 2.75) is 52.0 Å². The predicted molar refractivity (Wildman–Crippen MR) is 94.6 cm³/mol. The SMILES string of the molecule is Cc1ccccc1[C@@H]1C[C@H]1C(=O)N[C@H](C(=O)N1CCCC1)C(C)C. The highest BCUT2D eigenvalue weighted by atomic mass is 16.2. The van der Waals surface area contributed by atoms with Gasteiger partial charge in [-0.1, -0.05) is 38.1 Å². The number of hydrogen-bond acceptors (Lipinski definition) is 2. The maximum Gasteiger partial charge on any atom is 0.245 e. The van der Waals surface area contributed by atoms with Gasteiger partial charge in [0, 0.05) is 19.0 Å². The average Bonchev–Trinajstić information content (AvgIpc) is 3.15. The van der Waals surface area contributed by atoms with Crippen molar-refractivity contribution in [2.75, 3.05) is 13.1 Å². The minimum Gasteiger partial charge on any atom is -0.344 e. The van der Waals surface area contributed by atoms with E-state index >= 15 is 0 Å². The van der Waals surface area contributed by atoms with Crippen LogP contribution >= 0.6 is 0 Å². The summed E-state index contributed by atoms with van der Waals surface area (Å²) in [5.74, 6) is 0.552. The van der Waals surface area contributed by atoms with Gasteiger partial charge in [0.25, 0.3) is 0 Å². The maximum absolute atomic E-state index is 12.7. The molecule has 2 amide bonds. The first kappa shape index (κ1) is 17.0. The van der Waals surface area contributed by atoms with Crippen molar-refractivity contribution in [3.8, 4) is 0 Å². The third-order valence-electron chi connectivity index (χ3n) is 5.36. The highest BCUT2D eigenvalue weighted by Crippen LogP contribution is 2.48. The summed E-state index contributed by atoms with van der Waals surface area (Å²) in [6.07, 6.45) is 3.03. The Kier molecular flexibility index (Phi) is 4.93. The van der Waals surface area contributed by atoms with Crippen LogP contribution in [-0.2, 0) is 9.59 Å². The van der Waals surface area contributed by atoms with Gasteiger partial charge in [0.1, 0.15) is 6.04 Å². The summed E-state index contributed by atoms with van der Waals surface area (Å²) in [4.78, 5) is 27.2. The molecule has 1 N–H and O–H groups in total. The molecule has 3 rings (SSSR count). The zero-order valence-electron chi connectivity index (χ0n) is 14.9. The molecule has 3 atom stereocenters. The first-order valence-corrected chi connectivity index (χ1v) is 9.13. The predicted octanol–water partition coefficient (Wildman–Crippen LogP) is 2.86. The van der Waals surface area contributed by atoms with Crippen molar-refractivity contribution in [1.82, 2.24) is 10.2 Å². The molecule has 1 aromatic rings. The van der Waals surface area contributed by atoms with Gasteiger partial charge in [-0.2, -0.15) is 0 Å². The van der Waals surface area contributed by atoms with E-state index in [1.807, 2.05) is 30.9 Å². The lowest BCUT2D eigenvalue weighted by atomic mass is 10.0. The molecule has 2 fully saturated rings. The monoisotopic (exact) mass is 328 g/mol. The van der Waals surface area contributed by atoms with Crippen LogP contribution in [0.15, 0.2) is 24.3 Å². The fourth-order valence-corrected chi connectivity index (χ4v) is 3.74. The Labute approximate surface area is 144 Å². The number of carbonyl (C=O) groups excluding carboxylic acids is 2. The van der Waals surface area contributed by atoms with Gasteiger partial charge in [-0.25, -0.2) is 0 Å². The van der Waals surface area contributed by atoms with Crippen molar-refractivity contribution < 1.29 is 9.59 Å². The molecule has 2 aliphatic rings. The summed E-state index contributed by atoms with van der Waals surface area (Å²) in [7, 11) is 0. The van der Waals surface area contributed by atoms with Crippen molar-refractivity contribution in [3.05, 3.63) is 35.4 Å². The molecule has 0 bridgehead atoms. The lowest BCUT2D eigenvalue weighted by Crippen LogP contribution is -2.51. The third kappa shape index (κ3) is 3.47. The molecule has 0 unspecified atom stereocenters. The fraction of sp³-hybridized carbons (Fsp3) is 0.600. The van der Waals surface area contributed by atoms with Crippen LogP contribution in [0.4, 0.5) is 0 Å². The molecule has 1 saturated heterocycles. The Bertz CT molecular complexity index is 620. The number of amides is 2. The number of hydrogen-bond donors (Lipinski definition) is 1. The van der Waals surface area contributed by atoms with Crippen LogP contribution in [0.3, 0.4) is 0 Å². The van der Waals surface area contributed by atoms with Crippen molar-refractivity contribution >= 4 is 11.8 Å². The van der Waals surface area contributed by atoms with E-state index in [1.54, 1.807) is 0 Å². The molecule has 24 heavy (non-hydrogen) atoms. The van der Waals surface area contributed by atoms with Crippen molar-refractivity contribution in [3.63, 3.8) is 0 Å². The third-order valence-corrected chi connectivity index (χ3v) is 5.36. The zero-order chi connectivity index (χ0) is 17.3. The smallest absolute Gasteiger partial charge is 0.245 e. The van der Waals surface area contributed by atoms with Gasteiger partial charge in [-0.15, -0.1) is 0 Å². The minimum atomic E-state index is -0.395. The van der Waals surface area contributed by atoms with Crippen LogP contribution in [-0.4, -0.2) is 35.8 Å². The highest BCUT2D eigenvalue weighted by Gasteiger charge is 2.45. The van der Waals surface area contributed by atoms with E-state index in [0.29, 0.717) is 5.92 Å². The average molecular weight is 328 g/mol. The Morgan fingerprint density at radius 3 is 2.46 bits per heavy atom. The van der Waals surface area contributed by atoms with Gasteiger partial charge in [0.05, 0.1) is 0 Å². The second-order valence-corrected chi connectivity index (χ2v) is 7.57. The lowest BCUT2D eigenvalue weighted by Gasteiger charge is -2.26. The quantitative estimate of drug-likeness (QED) is 0.903. The van der Waals surface area contributed by atoms with Crippen molar-refractivity contribution in [1.29, 1.82) is 0 Å².